The fourth-order valence-electron chi connectivity index (χ4n) is 2.33. The van der Waals surface area contributed by atoms with Gasteiger partial charge in [0.15, 0.2) is 5.78 Å². The zero-order chi connectivity index (χ0) is 22.9. The highest BCUT2D eigenvalue weighted by Gasteiger charge is 2.44. The van der Waals surface area contributed by atoms with Gasteiger partial charge in [0.2, 0.25) is 5.79 Å². The van der Waals surface area contributed by atoms with Crippen LogP contribution in [0, 0.1) is 0 Å². The molecular formula is C19H22F3NO7. The first kappa shape index (κ1) is 23.5. The molecule has 166 valence electrons. The van der Waals surface area contributed by atoms with Crippen LogP contribution in [0.1, 0.15) is 50.5 Å². The van der Waals surface area contributed by atoms with Crippen LogP contribution in [0.4, 0.5) is 18.0 Å². The predicted octanol–water partition coefficient (Wildman–Crippen LogP) is 3.77. The van der Waals surface area contributed by atoms with Crippen LogP contribution >= 0.6 is 0 Å². The number of ketones is 1. The molecule has 0 saturated heterocycles. The second-order valence-corrected chi connectivity index (χ2v) is 7.93. The van der Waals surface area contributed by atoms with Crippen LogP contribution in [0.15, 0.2) is 18.2 Å². The van der Waals surface area contributed by atoms with Crippen molar-refractivity contribution >= 4 is 17.8 Å². The van der Waals surface area contributed by atoms with Crippen molar-refractivity contribution in [2.45, 2.75) is 58.8 Å². The van der Waals surface area contributed by atoms with Gasteiger partial charge in [0.1, 0.15) is 17.9 Å². The standard InChI is InChI=1S/C19H22F3NO7/c1-17(2,3)29-16(26)23(30-15(25)19(20,21)22)9-13(24)11-6-7-14-12(8-11)10-27-18(4,5)28-14/h6-8H,9-10H2,1-5H3. The number of hydrogen-bond acceptors (Lipinski definition) is 7. The van der Waals surface area contributed by atoms with E-state index in [2.05, 4.69) is 4.84 Å². The highest BCUT2D eigenvalue weighted by atomic mass is 19.4. The largest absolute Gasteiger partial charge is 0.493 e. The number of hydrogen-bond donors (Lipinski definition) is 0. The number of alkyl halides is 3. The van der Waals surface area contributed by atoms with E-state index in [-0.39, 0.29) is 17.2 Å². The van der Waals surface area contributed by atoms with Crippen molar-refractivity contribution in [3.8, 4) is 5.75 Å². The lowest BCUT2D eigenvalue weighted by atomic mass is 10.1. The van der Waals surface area contributed by atoms with E-state index < -0.39 is 42.0 Å². The highest BCUT2D eigenvalue weighted by molar-refractivity contribution is 5.99. The molecular weight excluding hydrogens is 411 g/mol. The molecule has 0 spiro atoms. The van der Waals surface area contributed by atoms with E-state index in [1.165, 1.54) is 39.0 Å². The van der Waals surface area contributed by atoms with Crippen LogP contribution in [0.2, 0.25) is 0 Å². The number of carbonyl (C=O) groups is 3. The molecule has 0 fully saturated rings. The number of nitrogens with zero attached hydrogens (tertiary/aromatic N) is 1. The molecule has 0 bridgehead atoms. The molecule has 30 heavy (non-hydrogen) atoms. The number of carbonyl (C=O) groups excluding carboxylic acids is 3. The van der Waals surface area contributed by atoms with Crippen molar-refractivity contribution in [2.75, 3.05) is 6.54 Å². The molecule has 1 amide bonds. The summed E-state index contributed by atoms with van der Waals surface area (Å²) in [4.78, 5) is 40.0. The van der Waals surface area contributed by atoms with Gasteiger partial charge in [-0.25, -0.2) is 9.59 Å². The minimum atomic E-state index is -5.36. The molecule has 1 aliphatic heterocycles. The molecule has 1 aromatic carbocycles. The van der Waals surface area contributed by atoms with Gasteiger partial charge in [-0.15, -0.1) is 5.06 Å². The Morgan fingerprint density at radius 2 is 1.80 bits per heavy atom. The number of amides is 1. The summed E-state index contributed by atoms with van der Waals surface area (Å²) in [5.74, 6) is -3.81. The van der Waals surface area contributed by atoms with E-state index in [1.807, 2.05) is 0 Å². The van der Waals surface area contributed by atoms with Gasteiger partial charge >= 0.3 is 18.2 Å². The number of hydroxylamine groups is 2. The third-order valence-corrected chi connectivity index (χ3v) is 3.62. The smallest absolute Gasteiger partial charge is 0.463 e. The maximum absolute atomic E-state index is 12.6. The second-order valence-electron chi connectivity index (χ2n) is 7.93. The van der Waals surface area contributed by atoms with Gasteiger partial charge in [0, 0.05) is 25.0 Å². The molecule has 0 saturated carbocycles. The van der Waals surface area contributed by atoms with Gasteiger partial charge in [-0.2, -0.15) is 13.2 Å². The number of fused-ring (bicyclic) bond motifs is 1. The number of halogens is 3. The molecule has 2 rings (SSSR count). The third kappa shape index (κ3) is 6.34. The Labute approximate surface area is 170 Å². The van der Waals surface area contributed by atoms with Gasteiger partial charge < -0.3 is 19.0 Å². The molecule has 8 nitrogen and oxygen atoms in total. The number of ether oxygens (including phenoxy) is 3. The monoisotopic (exact) mass is 433 g/mol. The van der Waals surface area contributed by atoms with Gasteiger partial charge in [-0.05, 0) is 39.0 Å². The molecule has 0 unspecified atom stereocenters. The Bertz CT molecular complexity index is 844. The van der Waals surface area contributed by atoms with E-state index in [4.69, 9.17) is 14.2 Å². The summed E-state index contributed by atoms with van der Waals surface area (Å²) in [5.41, 5.74) is -0.510. The predicted molar refractivity (Wildman–Crippen MR) is 95.4 cm³/mol. The van der Waals surface area contributed by atoms with Gasteiger partial charge in [-0.3, -0.25) is 4.79 Å². The normalized spacial score (nSPS) is 15.5. The van der Waals surface area contributed by atoms with Crippen LogP contribution in [0.25, 0.3) is 0 Å². The Balaban J connectivity index is 2.21. The van der Waals surface area contributed by atoms with Gasteiger partial charge in [-0.1, -0.05) is 0 Å². The summed E-state index contributed by atoms with van der Waals surface area (Å²) in [5, 5.41) is -0.0566. The molecule has 0 aromatic heterocycles. The lowest BCUT2D eigenvalue weighted by Gasteiger charge is -2.32. The molecule has 0 radical (unpaired) electrons. The van der Waals surface area contributed by atoms with Crippen molar-refractivity contribution in [3.05, 3.63) is 29.3 Å². The number of benzene rings is 1. The van der Waals surface area contributed by atoms with E-state index in [1.54, 1.807) is 13.8 Å². The lowest BCUT2D eigenvalue weighted by Crippen LogP contribution is -2.43. The Hall–Kier alpha value is -2.82. The van der Waals surface area contributed by atoms with Crippen LogP contribution in [-0.4, -0.2) is 47.0 Å². The molecule has 1 heterocycles. The summed E-state index contributed by atoms with van der Waals surface area (Å²) in [6.45, 7) is 6.96. The van der Waals surface area contributed by atoms with E-state index >= 15 is 0 Å². The van der Waals surface area contributed by atoms with Crippen LogP contribution < -0.4 is 4.74 Å². The quantitative estimate of drug-likeness (QED) is 0.529. The average molecular weight is 433 g/mol. The van der Waals surface area contributed by atoms with Crippen molar-refractivity contribution in [1.82, 2.24) is 5.06 Å². The molecule has 0 N–H and O–H groups in total. The topological polar surface area (TPSA) is 91.4 Å². The summed E-state index contributed by atoms with van der Waals surface area (Å²) >= 11 is 0. The Morgan fingerprint density at radius 1 is 1.17 bits per heavy atom. The minimum absolute atomic E-state index is 0.0530. The maximum Gasteiger partial charge on any atom is 0.493 e. The Morgan fingerprint density at radius 3 is 2.37 bits per heavy atom. The van der Waals surface area contributed by atoms with Crippen molar-refractivity contribution in [2.24, 2.45) is 0 Å². The van der Waals surface area contributed by atoms with Crippen molar-refractivity contribution < 1.29 is 46.6 Å². The summed E-state index contributed by atoms with van der Waals surface area (Å²) < 4.78 is 53.7. The lowest BCUT2D eigenvalue weighted by molar-refractivity contribution is -0.230. The second kappa shape index (κ2) is 8.13. The fraction of sp³-hybridized carbons (Fsp3) is 0.526. The maximum atomic E-state index is 12.6. The first-order chi connectivity index (χ1) is 13.6. The molecule has 0 atom stereocenters. The van der Waals surface area contributed by atoms with E-state index in [0.29, 0.717) is 11.3 Å². The number of Topliss-reactive ketones (excluding diaryl/α,β-unsaturated/α-hetero) is 1. The fourth-order valence-corrected chi connectivity index (χ4v) is 2.33. The van der Waals surface area contributed by atoms with Crippen LogP contribution in [0.5, 0.6) is 5.75 Å². The van der Waals surface area contributed by atoms with E-state index in [9.17, 15) is 27.6 Å². The highest BCUT2D eigenvalue weighted by Crippen LogP contribution is 2.32. The molecule has 1 aliphatic rings. The van der Waals surface area contributed by atoms with E-state index in [0.717, 1.165) is 0 Å². The number of rotatable bonds is 3. The van der Waals surface area contributed by atoms with Crippen molar-refractivity contribution in [3.63, 3.8) is 0 Å². The molecule has 0 aliphatic carbocycles. The summed E-state index contributed by atoms with van der Waals surface area (Å²) in [7, 11) is 0. The minimum Gasteiger partial charge on any atom is -0.463 e. The SMILES string of the molecule is CC(C)(C)OC(=O)N(CC(=O)c1ccc2c(c1)COC(C)(C)O2)OC(=O)C(F)(F)F. The zero-order valence-corrected chi connectivity index (χ0v) is 17.1. The van der Waals surface area contributed by atoms with Gasteiger partial charge in [0.25, 0.3) is 0 Å². The van der Waals surface area contributed by atoms with Crippen molar-refractivity contribution in [1.29, 1.82) is 0 Å². The molecule has 1 aromatic rings. The van der Waals surface area contributed by atoms with Crippen LogP contribution in [-0.2, 0) is 25.7 Å². The molecule has 11 heteroatoms. The first-order valence-corrected chi connectivity index (χ1v) is 8.86. The summed E-state index contributed by atoms with van der Waals surface area (Å²) in [6, 6.07) is 4.31. The third-order valence-electron chi connectivity index (χ3n) is 3.62. The van der Waals surface area contributed by atoms with Crippen LogP contribution in [0.3, 0.4) is 0 Å². The summed E-state index contributed by atoms with van der Waals surface area (Å²) in [6.07, 6.45) is -6.78. The van der Waals surface area contributed by atoms with Gasteiger partial charge in [0.05, 0.1) is 6.61 Å². The average Bonchev–Trinajstić information content (AvgIpc) is 2.57. The Kier molecular flexibility index (Phi) is 6.36. The first-order valence-electron chi connectivity index (χ1n) is 8.86. The zero-order valence-electron chi connectivity index (χ0n) is 17.1.